The molecule has 0 spiro atoms. The lowest BCUT2D eigenvalue weighted by Gasteiger charge is -2.10. The molecule has 0 aliphatic carbocycles. The first kappa shape index (κ1) is 12.2. The summed E-state index contributed by atoms with van der Waals surface area (Å²) in [7, 11) is 0. The Labute approximate surface area is 106 Å². The number of carbonyl (C=O) groups is 1. The van der Waals surface area contributed by atoms with Crippen LogP contribution in [0.5, 0.6) is 0 Å². The Bertz CT molecular complexity index is 545. The SMILES string of the molecule is CCCn1cccc1C(=O)Nc1ccccc1N. The van der Waals surface area contributed by atoms with Gasteiger partial charge in [-0.25, -0.2) is 0 Å². The first-order valence-electron chi connectivity index (χ1n) is 6.03. The monoisotopic (exact) mass is 243 g/mol. The predicted molar refractivity (Wildman–Crippen MR) is 73.5 cm³/mol. The van der Waals surface area contributed by atoms with Gasteiger partial charge in [-0.1, -0.05) is 19.1 Å². The Morgan fingerprint density at radius 2 is 2.06 bits per heavy atom. The number of rotatable bonds is 4. The van der Waals surface area contributed by atoms with E-state index in [1.54, 1.807) is 12.1 Å². The van der Waals surface area contributed by atoms with Gasteiger partial charge in [0.2, 0.25) is 0 Å². The summed E-state index contributed by atoms with van der Waals surface area (Å²) < 4.78 is 1.94. The maximum atomic E-state index is 12.1. The van der Waals surface area contributed by atoms with Crippen LogP contribution in [0.2, 0.25) is 0 Å². The first-order valence-corrected chi connectivity index (χ1v) is 6.03. The molecule has 3 N–H and O–H groups in total. The molecule has 18 heavy (non-hydrogen) atoms. The van der Waals surface area contributed by atoms with E-state index in [0.29, 0.717) is 17.1 Å². The van der Waals surface area contributed by atoms with E-state index in [0.717, 1.165) is 13.0 Å². The number of aryl methyl sites for hydroxylation is 1. The second-order valence-corrected chi connectivity index (χ2v) is 4.13. The molecule has 0 saturated carbocycles. The van der Waals surface area contributed by atoms with Gasteiger partial charge >= 0.3 is 0 Å². The summed E-state index contributed by atoms with van der Waals surface area (Å²) in [5.74, 6) is -0.133. The summed E-state index contributed by atoms with van der Waals surface area (Å²) in [5, 5.41) is 2.83. The molecule has 0 aliphatic rings. The molecule has 0 fully saturated rings. The van der Waals surface area contributed by atoms with Crippen molar-refractivity contribution in [3.8, 4) is 0 Å². The molecule has 0 unspecified atom stereocenters. The quantitative estimate of drug-likeness (QED) is 0.811. The highest BCUT2D eigenvalue weighted by Crippen LogP contribution is 2.18. The molecule has 1 heterocycles. The predicted octanol–water partition coefficient (Wildman–Crippen LogP) is 2.73. The van der Waals surface area contributed by atoms with Gasteiger partial charge in [0.05, 0.1) is 11.4 Å². The molecular weight excluding hydrogens is 226 g/mol. The van der Waals surface area contributed by atoms with Gasteiger partial charge in [-0.2, -0.15) is 0 Å². The third-order valence-corrected chi connectivity index (χ3v) is 2.74. The molecule has 0 atom stereocenters. The lowest BCUT2D eigenvalue weighted by Crippen LogP contribution is -2.17. The van der Waals surface area contributed by atoms with E-state index in [1.807, 2.05) is 35.0 Å². The van der Waals surface area contributed by atoms with E-state index in [4.69, 9.17) is 5.73 Å². The smallest absolute Gasteiger partial charge is 0.272 e. The number of benzene rings is 1. The van der Waals surface area contributed by atoms with E-state index < -0.39 is 0 Å². The molecule has 1 amide bonds. The molecule has 0 saturated heterocycles. The van der Waals surface area contributed by atoms with Crippen LogP contribution in [-0.2, 0) is 6.54 Å². The lowest BCUT2D eigenvalue weighted by molar-refractivity contribution is 0.101. The van der Waals surface area contributed by atoms with Crippen LogP contribution in [0.15, 0.2) is 42.6 Å². The van der Waals surface area contributed by atoms with Gasteiger partial charge in [0.15, 0.2) is 0 Å². The molecule has 4 nitrogen and oxygen atoms in total. The molecule has 1 aromatic heterocycles. The van der Waals surface area contributed by atoms with Crippen molar-refractivity contribution in [2.45, 2.75) is 19.9 Å². The molecule has 1 aromatic carbocycles. The van der Waals surface area contributed by atoms with Gasteiger partial charge in [0, 0.05) is 12.7 Å². The summed E-state index contributed by atoms with van der Waals surface area (Å²) in [6.45, 7) is 2.91. The molecule has 0 bridgehead atoms. The number of nitrogens with zero attached hydrogens (tertiary/aromatic N) is 1. The van der Waals surface area contributed by atoms with E-state index in [1.165, 1.54) is 0 Å². The van der Waals surface area contributed by atoms with E-state index in [2.05, 4.69) is 12.2 Å². The fourth-order valence-corrected chi connectivity index (χ4v) is 1.85. The van der Waals surface area contributed by atoms with Gasteiger partial charge in [0.1, 0.15) is 5.69 Å². The Hall–Kier alpha value is -2.23. The maximum Gasteiger partial charge on any atom is 0.272 e. The van der Waals surface area contributed by atoms with Gasteiger partial charge in [0.25, 0.3) is 5.91 Å². The third-order valence-electron chi connectivity index (χ3n) is 2.74. The zero-order chi connectivity index (χ0) is 13.0. The maximum absolute atomic E-state index is 12.1. The van der Waals surface area contributed by atoms with Crippen molar-refractivity contribution in [3.05, 3.63) is 48.3 Å². The van der Waals surface area contributed by atoms with Crippen molar-refractivity contribution in [2.75, 3.05) is 11.1 Å². The summed E-state index contributed by atoms with van der Waals surface area (Å²) in [6.07, 6.45) is 2.90. The average molecular weight is 243 g/mol. The Balaban J connectivity index is 2.17. The summed E-state index contributed by atoms with van der Waals surface area (Å²) in [5.41, 5.74) is 7.66. The van der Waals surface area contributed by atoms with Crippen LogP contribution in [0, 0.1) is 0 Å². The average Bonchev–Trinajstić information content (AvgIpc) is 2.81. The summed E-state index contributed by atoms with van der Waals surface area (Å²) >= 11 is 0. The van der Waals surface area contributed by atoms with Crippen molar-refractivity contribution < 1.29 is 4.79 Å². The van der Waals surface area contributed by atoms with E-state index >= 15 is 0 Å². The van der Waals surface area contributed by atoms with Crippen molar-refractivity contribution >= 4 is 17.3 Å². The van der Waals surface area contributed by atoms with Gasteiger partial charge in [-0.3, -0.25) is 4.79 Å². The highest BCUT2D eigenvalue weighted by Gasteiger charge is 2.11. The topological polar surface area (TPSA) is 60.0 Å². The number of nitrogen functional groups attached to an aromatic ring is 1. The largest absolute Gasteiger partial charge is 0.397 e. The van der Waals surface area contributed by atoms with E-state index in [-0.39, 0.29) is 5.91 Å². The normalized spacial score (nSPS) is 10.3. The second-order valence-electron chi connectivity index (χ2n) is 4.13. The van der Waals surface area contributed by atoms with Crippen LogP contribution in [-0.4, -0.2) is 10.5 Å². The summed E-state index contributed by atoms with van der Waals surface area (Å²) in [6, 6.07) is 10.9. The lowest BCUT2D eigenvalue weighted by atomic mass is 10.2. The minimum Gasteiger partial charge on any atom is -0.397 e. The Morgan fingerprint density at radius 1 is 1.28 bits per heavy atom. The fourth-order valence-electron chi connectivity index (χ4n) is 1.85. The fraction of sp³-hybridized carbons (Fsp3) is 0.214. The van der Waals surface area contributed by atoms with Gasteiger partial charge in [-0.15, -0.1) is 0 Å². The zero-order valence-electron chi connectivity index (χ0n) is 10.4. The van der Waals surface area contributed by atoms with Crippen LogP contribution < -0.4 is 11.1 Å². The number of anilines is 2. The Kier molecular flexibility index (Phi) is 3.67. The van der Waals surface area contributed by atoms with Crippen LogP contribution in [0.4, 0.5) is 11.4 Å². The van der Waals surface area contributed by atoms with Crippen molar-refractivity contribution in [2.24, 2.45) is 0 Å². The molecule has 2 rings (SSSR count). The van der Waals surface area contributed by atoms with Crippen molar-refractivity contribution in [3.63, 3.8) is 0 Å². The standard InChI is InChI=1S/C14H17N3O/c1-2-9-17-10-5-8-13(17)14(18)16-12-7-4-3-6-11(12)15/h3-8,10H,2,9,15H2,1H3,(H,16,18). The molecule has 94 valence electrons. The minimum atomic E-state index is -0.133. The molecule has 0 radical (unpaired) electrons. The Morgan fingerprint density at radius 3 is 2.78 bits per heavy atom. The third kappa shape index (κ3) is 2.53. The first-order chi connectivity index (χ1) is 8.72. The highest BCUT2D eigenvalue weighted by atomic mass is 16.1. The molecule has 0 aliphatic heterocycles. The zero-order valence-corrected chi connectivity index (χ0v) is 10.4. The van der Waals surface area contributed by atoms with Gasteiger partial charge in [-0.05, 0) is 30.7 Å². The number of amides is 1. The number of nitrogens with one attached hydrogen (secondary N) is 1. The number of para-hydroxylation sites is 2. The number of carbonyl (C=O) groups excluding carboxylic acids is 1. The van der Waals surface area contributed by atoms with Crippen molar-refractivity contribution in [1.82, 2.24) is 4.57 Å². The number of hydrogen-bond acceptors (Lipinski definition) is 2. The van der Waals surface area contributed by atoms with Crippen molar-refractivity contribution in [1.29, 1.82) is 0 Å². The highest BCUT2D eigenvalue weighted by molar-refractivity contribution is 6.04. The van der Waals surface area contributed by atoms with Crippen LogP contribution in [0.25, 0.3) is 0 Å². The molecule has 2 aromatic rings. The summed E-state index contributed by atoms with van der Waals surface area (Å²) in [4.78, 5) is 12.1. The van der Waals surface area contributed by atoms with Gasteiger partial charge < -0.3 is 15.6 Å². The van der Waals surface area contributed by atoms with E-state index in [9.17, 15) is 4.79 Å². The number of aromatic nitrogens is 1. The minimum absolute atomic E-state index is 0.133. The van der Waals surface area contributed by atoms with Crippen LogP contribution >= 0.6 is 0 Å². The van der Waals surface area contributed by atoms with Crippen LogP contribution in [0.3, 0.4) is 0 Å². The number of nitrogens with two attached hydrogens (primary N) is 1. The molecular formula is C14H17N3O. The second kappa shape index (κ2) is 5.40. The van der Waals surface area contributed by atoms with Crippen LogP contribution in [0.1, 0.15) is 23.8 Å². The molecule has 4 heteroatoms. The number of hydrogen-bond donors (Lipinski definition) is 2.